The second-order valence-electron chi connectivity index (χ2n) is 4.43. The van der Waals surface area contributed by atoms with Gasteiger partial charge in [0.15, 0.2) is 0 Å². The van der Waals surface area contributed by atoms with Crippen molar-refractivity contribution < 1.29 is 9.18 Å². The van der Waals surface area contributed by atoms with Crippen LogP contribution in [0.4, 0.5) is 10.1 Å². The van der Waals surface area contributed by atoms with Crippen molar-refractivity contribution in [1.82, 2.24) is 9.78 Å². The van der Waals surface area contributed by atoms with Crippen LogP contribution in [0.3, 0.4) is 0 Å². The van der Waals surface area contributed by atoms with Gasteiger partial charge >= 0.3 is 0 Å². The summed E-state index contributed by atoms with van der Waals surface area (Å²) in [7, 11) is 1.78. The molecule has 2 aromatic rings. The number of likely N-dealkylation sites (N-methyl/N-ethyl adjacent to an activating group) is 1. The van der Waals surface area contributed by atoms with Crippen molar-refractivity contribution in [2.45, 2.75) is 13.3 Å². The number of carbonyl (C=O) groups is 1. The lowest BCUT2D eigenvalue weighted by atomic mass is 10.2. The molecule has 1 amide bonds. The summed E-state index contributed by atoms with van der Waals surface area (Å²) in [4.78, 5) is 13.7. The van der Waals surface area contributed by atoms with Crippen molar-refractivity contribution >= 4 is 23.2 Å². The van der Waals surface area contributed by atoms with E-state index in [4.69, 9.17) is 11.6 Å². The maximum Gasteiger partial charge on any atom is 0.231 e. The average molecular weight is 296 g/mol. The number of aryl methyl sites for hydroxylation is 1. The van der Waals surface area contributed by atoms with Gasteiger partial charge in [0, 0.05) is 24.8 Å². The molecular weight excluding hydrogens is 281 g/mol. The fraction of sp³-hybridized carbons (Fsp3) is 0.286. The van der Waals surface area contributed by atoms with Crippen molar-refractivity contribution in [3.63, 3.8) is 0 Å². The summed E-state index contributed by atoms with van der Waals surface area (Å²) >= 11 is 5.72. The van der Waals surface area contributed by atoms with Crippen LogP contribution in [-0.4, -0.2) is 22.2 Å². The Balaban J connectivity index is 2.20. The number of aromatic nitrogens is 2. The molecule has 0 N–H and O–H groups in total. The third-order valence-electron chi connectivity index (χ3n) is 2.93. The highest BCUT2D eigenvalue weighted by molar-refractivity contribution is 6.30. The van der Waals surface area contributed by atoms with Crippen molar-refractivity contribution in [3.05, 3.63) is 47.0 Å². The minimum absolute atomic E-state index is 0.179. The highest BCUT2D eigenvalue weighted by atomic mass is 35.5. The van der Waals surface area contributed by atoms with Gasteiger partial charge in [-0.05, 0) is 30.7 Å². The molecule has 0 bridgehead atoms. The lowest BCUT2D eigenvalue weighted by Crippen LogP contribution is -2.32. The summed E-state index contributed by atoms with van der Waals surface area (Å²) in [6.45, 7) is 2.19. The Morgan fingerprint density at radius 1 is 1.50 bits per heavy atom. The summed E-state index contributed by atoms with van der Waals surface area (Å²) in [5.74, 6) is -0.680. The molecule has 4 nitrogen and oxygen atoms in total. The lowest BCUT2D eigenvalue weighted by molar-refractivity contribution is -0.118. The monoisotopic (exact) mass is 295 g/mol. The first-order valence-corrected chi connectivity index (χ1v) is 6.62. The van der Waals surface area contributed by atoms with Gasteiger partial charge in [-0.2, -0.15) is 5.10 Å². The van der Waals surface area contributed by atoms with Crippen LogP contribution in [0.2, 0.25) is 5.02 Å². The second-order valence-corrected chi connectivity index (χ2v) is 4.87. The SMILES string of the molecule is CCN(C(=O)Cc1cnn(C)c1)c1ccc(Cl)cc1F. The molecule has 0 aliphatic rings. The maximum absolute atomic E-state index is 13.9. The number of benzene rings is 1. The van der Waals surface area contributed by atoms with Crippen LogP contribution >= 0.6 is 11.6 Å². The molecule has 0 radical (unpaired) electrons. The van der Waals surface area contributed by atoms with E-state index in [0.29, 0.717) is 11.6 Å². The van der Waals surface area contributed by atoms with Gasteiger partial charge in [0.2, 0.25) is 5.91 Å². The van der Waals surface area contributed by atoms with E-state index in [-0.39, 0.29) is 18.0 Å². The van der Waals surface area contributed by atoms with Crippen LogP contribution in [0.25, 0.3) is 0 Å². The molecule has 0 saturated heterocycles. The molecule has 0 aliphatic heterocycles. The summed E-state index contributed by atoms with van der Waals surface area (Å²) in [5, 5.41) is 4.32. The van der Waals surface area contributed by atoms with Crippen molar-refractivity contribution in [2.24, 2.45) is 7.05 Å². The van der Waals surface area contributed by atoms with Crippen LogP contribution in [0, 0.1) is 5.82 Å². The Morgan fingerprint density at radius 2 is 2.25 bits per heavy atom. The second kappa shape index (κ2) is 6.05. The first-order valence-electron chi connectivity index (χ1n) is 6.24. The van der Waals surface area contributed by atoms with E-state index in [9.17, 15) is 9.18 Å². The lowest BCUT2D eigenvalue weighted by Gasteiger charge is -2.21. The van der Waals surface area contributed by atoms with E-state index in [1.54, 1.807) is 37.1 Å². The molecule has 6 heteroatoms. The minimum atomic E-state index is -0.501. The Labute approximate surface area is 121 Å². The molecule has 0 atom stereocenters. The molecule has 1 heterocycles. The molecule has 0 unspecified atom stereocenters. The highest BCUT2D eigenvalue weighted by Crippen LogP contribution is 2.23. The van der Waals surface area contributed by atoms with Gasteiger partial charge in [-0.3, -0.25) is 9.48 Å². The van der Waals surface area contributed by atoms with E-state index < -0.39 is 5.82 Å². The zero-order valence-electron chi connectivity index (χ0n) is 11.3. The fourth-order valence-electron chi connectivity index (χ4n) is 2.01. The number of carbonyl (C=O) groups excluding carboxylic acids is 1. The normalized spacial score (nSPS) is 10.6. The first kappa shape index (κ1) is 14.5. The number of rotatable bonds is 4. The van der Waals surface area contributed by atoms with E-state index in [2.05, 4.69) is 5.10 Å². The molecule has 1 aromatic heterocycles. The molecule has 0 aliphatic carbocycles. The fourth-order valence-corrected chi connectivity index (χ4v) is 2.17. The summed E-state index contributed by atoms with van der Waals surface area (Å²) in [6.07, 6.45) is 3.58. The third-order valence-corrected chi connectivity index (χ3v) is 3.17. The number of anilines is 1. The predicted octanol–water partition coefficient (Wildman–Crippen LogP) is 2.81. The van der Waals surface area contributed by atoms with Gasteiger partial charge in [-0.1, -0.05) is 11.6 Å². The molecule has 2 rings (SSSR count). The van der Waals surface area contributed by atoms with Crippen LogP contribution in [0.1, 0.15) is 12.5 Å². The third kappa shape index (κ3) is 3.17. The topological polar surface area (TPSA) is 38.1 Å². The zero-order chi connectivity index (χ0) is 14.7. The Bertz CT molecular complexity index is 627. The quantitative estimate of drug-likeness (QED) is 0.870. The van der Waals surface area contributed by atoms with Gasteiger partial charge in [-0.25, -0.2) is 4.39 Å². The molecule has 20 heavy (non-hydrogen) atoms. The Hall–Kier alpha value is -1.88. The summed E-state index contributed by atoms with van der Waals surface area (Å²) < 4.78 is 15.5. The van der Waals surface area contributed by atoms with E-state index in [0.717, 1.165) is 5.56 Å². The van der Waals surface area contributed by atoms with E-state index in [1.807, 2.05) is 0 Å². The van der Waals surface area contributed by atoms with Crippen molar-refractivity contribution in [1.29, 1.82) is 0 Å². The van der Waals surface area contributed by atoms with Gasteiger partial charge < -0.3 is 4.90 Å². The van der Waals surface area contributed by atoms with Gasteiger partial charge in [-0.15, -0.1) is 0 Å². The number of amides is 1. The number of hydrogen-bond acceptors (Lipinski definition) is 2. The zero-order valence-corrected chi connectivity index (χ0v) is 12.1. The van der Waals surface area contributed by atoms with E-state index >= 15 is 0 Å². The van der Waals surface area contributed by atoms with Gasteiger partial charge in [0.05, 0.1) is 18.3 Å². The number of nitrogens with zero attached hydrogens (tertiary/aromatic N) is 3. The van der Waals surface area contributed by atoms with E-state index in [1.165, 1.54) is 17.0 Å². The largest absolute Gasteiger partial charge is 0.310 e. The Kier molecular flexibility index (Phi) is 4.39. The smallest absolute Gasteiger partial charge is 0.231 e. The summed E-state index contributed by atoms with van der Waals surface area (Å²) in [6, 6.07) is 4.29. The van der Waals surface area contributed by atoms with Crippen LogP contribution in [-0.2, 0) is 18.3 Å². The predicted molar refractivity (Wildman–Crippen MR) is 76.3 cm³/mol. The molecule has 0 saturated carbocycles. The molecule has 0 spiro atoms. The molecule has 106 valence electrons. The van der Waals surface area contributed by atoms with Crippen molar-refractivity contribution in [2.75, 3.05) is 11.4 Å². The molecule has 1 aromatic carbocycles. The minimum Gasteiger partial charge on any atom is -0.310 e. The maximum atomic E-state index is 13.9. The summed E-state index contributed by atoms with van der Waals surface area (Å²) in [5.41, 5.74) is 1.04. The van der Waals surface area contributed by atoms with Crippen LogP contribution < -0.4 is 4.90 Å². The Morgan fingerprint density at radius 3 is 2.80 bits per heavy atom. The number of hydrogen-bond donors (Lipinski definition) is 0. The van der Waals surface area contributed by atoms with Gasteiger partial charge in [0.25, 0.3) is 0 Å². The van der Waals surface area contributed by atoms with Crippen molar-refractivity contribution in [3.8, 4) is 0 Å². The standard InChI is InChI=1S/C14H15ClFN3O/c1-3-19(13-5-4-11(15)7-12(13)16)14(20)6-10-8-17-18(2)9-10/h4-5,7-9H,3,6H2,1-2H3. The van der Waals surface area contributed by atoms with Crippen LogP contribution in [0.5, 0.6) is 0 Å². The average Bonchev–Trinajstić information content (AvgIpc) is 2.78. The molecule has 0 fully saturated rings. The van der Waals surface area contributed by atoms with Gasteiger partial charge in [0.1, 0.15) is 5.82 Å². The van der Waals surface area contributed by atoms with Crippen LogP contribution in [0.15, 0.2) is 30.6 Å². The number of halogens is 2. The molecular formula is C14H15ClFN3O. The first-order chi connectivity index (χ1) is 9.51. The highest BCUT2D eigenvalue weighted by Gasteiger charge is 2.18.